The molecule has 0 rings (SSSR count). The van der Waals surface area contributed by atoms with Gasteiger partial charge in [0, 0.05) is 63.6 Å². The maximum atomic E-state index is 12.9. The molecule has 4 N–H and O–H groups in total. The summed E-state index contributed by atoms with van der Waals surface area (Å²) in [7, 11) is 0. The average molecular weight is 1060 g/mol. The summed E-state index contributed by atoms with van der Waals surface area (Å²) in [5.41, 5.74) is 0. The minimum atomic E-state index is -0.451. The smallest absolute Gasteiger partial charge is 0.190 e. The van der Waals surface area contributed by atoms with Gasteiger partial charge >= 0.3 is 0 Å². The standard InChI is InChI=1S/C60H120N2O8S2/c1-5-9-13-17-21-25-29-33-37-55(63)51-61(52-56(64)38-34-30-26-22-18-14-10-6-2)43-41-59(67)71-49-47-69-45-46-70-48-50-72-60(68)42-44-62(53-57(65)39-35-31-27-23-19-15-11-7-3)54-58(66)40-36-32-28-24-20-16-12-8-4/h55-58,63-66H,5-54H2,1-4H3. The fourth-order valence-electron chi connectivity index (χ4n) is 9.52. The second-order valence-corrected chi connectivity index (χ2v) is 23.7. The molecule has 430 valence electrons. The number of hydrogen-bond donors (Lipinski definition) is 4. The van der Waals surface area contributed by atoms with Gasteiger partial charge in [-0.2, -0.15) is 0 Å². The zero-order chi connectivity index (χ0) is 52.8. The molecule has 0 radical (unpaired) electrons. The SMILES string of the molecule is CCCCCCCCCCC(O)CN(CCC(=O)SCCOCCOCCSC(=O)CCN(CC(O)CCCCCCCCCC)CC(O)CCCCCCCCCC)CC(O)CCCCCCCCCC. The molecule has 4 unspecified atom stereocenters. The van der Waals surface area contributed by atoms with E-state index in [0.717, 1.165) is 77.0 Å². The molecule has 0 spiro atoms. The largest absolute Gasteiger partial charge is 0.392 e. The molecule has 10 nitrogen and oxygen atoms in total. The number of thioether (sulfide) groups is 2. The van der Waals surface area contributed by atoms with Gasteiger partial charge in [-0.25, -0.2) is 0 Å². The molecule has 0 amide bonds. The molecular formula is C60H120N2O8S2. The Hall–Kier alpha value is -0.280. The molecule has 0 aliphatic heterocycles. The molecule has 0 heterocycles. The third kappa shape index (κ3) is 53.1. The van der Waals surface area contributed by atoms with Crippen LogP contribution in [0.3, 0.4) is 0 Å². The van der Waals surface area contributed by atoms with E-state index >= 15 is 0 Å². The summed E-state index contributed by atoms with van der Waals surface area (Å²) in [5, 5.41) is 43.9. The van der Waals surface area contributed by atoms with Gasteiger partial charge in [0.1, 0.15) is 0 Å². The number of carbonyl (C=O) groups excluding carboxylic acids is 2. The third-order valence-electron chi connectivity index (χ3n) is 14.1. The Labute approximate surface area is 454 Å². The monoisotopic (exact) mass is 1060 g/mol. The second kappa shape index (κ2) is 56.9. The minimum absolute atomic E-state index is 0.102. The van der Waals surface area contributed by atoms with Gasteiger partial charge in [0.25, 0.3) is 0 Å². The zero-order valence-electron chi connectivity index (χ0n) is 47.8. The predicted octanol–water partition coefficient (Wildman–Crippen LogP) is 14.5. The van der Waals surface area contributed by atoms with Crippen LogP contribution in [0.15, 0.2) is 0 Å². The van der Waals surface area contributed by atoms with E-state index in [1.165, 1.54) is 178 Å². The number of unbranched alkanes of at least 4 members (excludes halogenated alkanes) is 28. The Morgan fingerprint density at radius 1 is 0.347 bits per heavy atom. The van der Waals surface area contributed by atoms with Crippen molar-refractivity contribution in [1.29, 1.82) is 0 Å². The molecule has 0 aromatic rings. The fraction of sp³-hybridized carbons (Fsp3) is 0.967. The number of rotatable bonds is 59. The number of carbonyl (C=O) groups is 2. The zero-order valence-corrected chi connectivity index (χ0v) is 49.4. The first-order chi connectivity index (χ1) is 35.1. The first-order valence-corrected chi connectivity index (χ1v) is 32.8. The molecule has 0 aromatic carbocycles. The van der Waals surface area contributed by atoms with E-state index in [0.29, 0.717) is 90.0 Å². The summed E-state index contributed by atoms with van der Waals surface area (Å²) in [6.07, 6.45) is 41.5. The Morgan fingerprint density at radius 3 is 0.806 bits per heavy atom. The van der Waals surface area contributed by atoms with E-state index in [-0.39, 0.29) is 10.2 Å². The van der Waals surface area contributed by atoms with E-state index < -0.39 is 24.4 Å². The lowest BCUT2D eigenvalue weighted by molar-refractivity contribution is -0.112. The Kier molecular flexibility index (Phi) is 56.7. The topological polar surface area (TPSA) is 140 Å². The molecule has 0 aliphatic rings. The van der Waals surface area contributed by atoms with Crippen molar-refractivity contribution in [3.05, 3.63) is 0 Å². The Balaban J connectivity index is 4.56. The van der Waals surface area contributed by atoms with Crippen molar-refractivity contribution < 1.29 is 39.5 Å². The first-order valence-electron chi connectivity index (χ1n) is 30.8. The van der Waals surface area contributed by atoms with Crippen molar-refractivity contribution in [3.63, 3.8) is 0 Å². The van der Waals surface area contributed by atoms with Crippen molar-refractivity contribution in [1.82, 2.24) is 9.80 Å². The van der Waals surface area contributed by atoms with Crippen LogP contribution in [0, 0.1) is 0 Å². The molecule has 0 fully saturated rings. The summed E-state index contributed by atoms with van der Waals surface area (Å²) in [6.45, 7) is 13.8. The van der Waals surface area contributed by atoms with Gasteiger partial charge in [0.15, 0.2) is 10.2 Å². The summed E-state index contributed by atoms with van der Waals surface area (Å²) in [6, 6.07) is 0. The summed E-state index contributed by atoms with van der Waals surface area (Å²) in [4.78, 5) is 30.0. The van der Waals surface area contributed by atoms with Crippen LogP contribution in [0.25, 0.3) is 0 Å². The van der Waals surface area contributed by atoms with Crippen molar-refractivity contribution >= 4 is 33.8 Å². The van der Waals surface area contributed by atoms with Gasteiger partial charge in [-0.3, -0.25) is 19.4 Å². The maximum absolute atomic E-state index is 12.9. The van der Waals surface area contributed by atoms with Crippen LogP contribution in [0.2, 0.25) is 0 Å². The van der Waals surface area contributed by atoms with E-state index in [1.54, 1.807) is 0 Å². The predicted molar refractivity (Wildman–Crippen MR) is 312 cm³/mol. The Bertz CT molecular complexity index is 988. The number of aliphatic hydroxyl groups is 4. The lowest BCUT2D eigenvalue weighted by Crippen LogP contribution is -2.39. The van der Waals surface area contributed by atoms with Crippen LogP contribution >= 0.6 is 23.5 Å². The minimum Gasteiger partial charge on any atom is -0.392 e. The lowest BCUT2D eigenvalue weighted by Gasteiger charge is -2.27. The highest BCUT2D eigenvalue weighted by molar-refractivity contribution is 8.13. The van der Waals surface area contributed by atoms with Crippen LogP contribution < -0.4 is 0 Å². The molecule has 72 heavy (non-hydrogen) atoms. The molecule has 4 atom stereocenters. The summed E-state index contributed by atoms with van der Waals surface area (Å²) >= 11 is 2.57. The third-order valence-corrected chi connectivity index (χ3v) is 15.9. The van der Waals surface area contributed by atoms with E-state index in [1.807, 2.05) is 0 Å². The van der Waals surface area contributed by atoms with Crippen molar-refractivity contribution in [2.75, 3.05) is 77.2 Å². The molecule has 12 heteroatoms. The van der Waals surface area contributed by atoms with E-state index in [2.05, 4.69) is 37.5 Å². The van der Waals surface area contributed by atoms with Crippen molar-refractivity contribution in [2.24, 2.45) is 0 Å². The molecule has 0 aliphatic carbocycles. The van der Waals surface area contributed by atoms with Crippen molar-refractivity contribution in [2.45, 2.75) is 296 Å². The van der Waals surface area contributed by atoms with Crippen LogP contribution in [-0.2, 0) is 19.1 Å². The average Bonchev–Trinajstić information content (AvgIpc) is 3.36. The lowest BCUT2D eigenvalue weighted by atomic mass is 10.0. The van der Waals surface area contributed by atoms with Gasteiger partial charge in [-0.15, -0.1) is 0 Å². The molecule has 0 saturated carbocycles. The van der Waals surface area contributed by atoms with E-state index in [4.69, 9.17) is 9.47 Å². The molecule has 0 aromatic heterocycles. The van der Waals surface area contributed by atoms with Gasteiger partial charge in [0.2, 0.25) is 0 Å². The van der Waals surface area contributed by atoms with Gasteiger partial charge in [-0.1, -0.05) is 257 Å². The molecule has 0 bridgehead atoms. The first kappa shape index (κ1) is 71.7. The van der Waals surface area contributed by atoms with Crippen molar-refractivity contribution in [3.8, 4) is 0 Å². The number of aliphatic hydroxyl groups excluding tert-OH is 4. The van der Waals surface area contributed by atoms with Crippen LogP contribution in [0.4, 0.5) is 0 Å². The fourth-order valence-corrected chi connectivity index (χ4v) is 10.8. The van der Waals surface area contributed by atoms with Gasteiger partial charge in [0.05, 0.1) is 50.8 Å². The Morgan fingerprint density at radius 2 is 0.569 bits per heavy atom. The van der Waals surface area contributed by atoms with E-state index in [9.17, 15) is 30.0 Å². The highest BCUT2D eigenvalue weighted by Crippen LogP contribution is 2.18. The molecule has 0 saturated heterocycles. The quantitative estimate of drug-likeness (QED) is 0.0431. The number of hydrogen-bond acceptors (Lipinski definition) is 12. The normalized spacial score (nSPS) is 13.6. The second-order valence-electron chi connectivity index (χ2n) is 21.4. The highest BCUT2D eigenvalue weighted by atomic mass is 32.2. The van der Waals surface area contributed by atoms with Gasteiger partial charge in [-0.05, 0) is 25.7 Å². The van der Waals surface area contributed by atoms with Crippen LogP contribution in [-0.4, -0.2) is 142 Å². The maximum Gasteiger partial charge on any atom is 0.190 e. The van der Waals surface area contributed by atoms with Crippen LogP contribution in [0.5, 0.6) is 0 Å². The summed E-state index contributed by atoms with van der Waals surface area (Å²) in [5.74, 6) is 1.13. The summed E-state index contributed by atoms with van der Waals surface area (Å²) < 4.78 is 11.5. The number of ether oxygens (including phenoxy) is 2. The highest BCUT2D eigenvalue weighted by Gasteiger charge is 2.19. The van der Waals surface area contributed by atoms with Gasteiger partial charge < -0.3 is 29.9 Å². The van der Waals surface area contributed by atoms with Crippen LogP contribution in [0.1, 0.15) is 272 Å². The molecular weight excluding hydrogens is 941 g/mol. The number of nitrogens with zero attached hydrogens (tertiary/aromatic N) is 2.